The molecule has 0 aromatic heterocycles. The van der Waals surface area contributed by atoms with Gasteiger partial charge in [-0.2, -0.15) is 5.10 Å². The molecule has 1 aliphatic rings. The molecular weight excluding hydrogens is 374 g/mol. The van der Waals surface area contributed by atoms with Crippen molar-refractivity contribution < 1.29 is 23.8 Å². The average molecular weight is 405 g/mol. The summed E-state index contributed by atoms with van der Waals surface area (Å²) in [5.41, 5.74) is 0.437. The third kappa shape index (κ3) is 9.43. The van der Waals surface area contributed by atoms with Crippen molar-refractivity contribution in [2.24, 2.45) is 5.10 Å². The van der Waals surface area contributed by atoms with E-state index in [2.05, 4.69) is 10.4 Å². The Kier molecular flexibility index (Phi) is 8.92. The number of unbranched alkanes of at least 4 members (excludes halogenated alkanes) is 1. The van der Waals surface area contributed by atoms with Crippen LogP contribution in [0.2, 0.25) is 0 Å². The molecular formula is C21H31N3O5. The molecule has 0 saturated carbocycles. The number of ether oxygens (including phenoxy) is 3. The van der Waals surface area contributed by atoms with Crippen molar-refractivity contribution in [3.05, 3.63) is 35.9 Å². The van der Waals surface area contributed by atoms with Crippen LogP contribution in [0.3, 0.4) is 0 Å². The van der Waals surface area contributed by atoms with E-state index in [1.807, 2.05) is 56.1 Å². The van der Waals surface area contributed by atoms with Gasteiger partial charge >= 0.3 is 12.1 Å². The largest absolute Gasteiger partial charge is 0.458 e. The molecule has 1 atom stereocenters. The molecule has 160 valence electrons. The highest BCUT2D eigenvalue weighted by Gasteiger charge is 2.22. The lowest BCUT2D eigenvalue weighted by atomic mass is 10.2. The van der Waals surface area contributed by atoms with Crippen LogP contribution in [0.25, 0.3) is 0 Å². The summed E-state index contributed by atoms with van der Waals surface area (Å²) >= 11 is 0. The lowest BCUT2D eigenvalue weighted by molar-refractivity contribution is -0.160. The Hall–Kier alpha value is -2.61. The average Bonchev–Trinajstić information content (AvgIpc) is 3.09. The number of amides is 1. The van der Waals surface area contributed by atoms with Gasteiger partial charge < -0.3 is 14.2 Å². The Bertz CT molecular complexity index is 673. The molecule has 29 heavy (non-hydrogen) atoms. The van der Waals surface area contributed by atoms with Gasteiger partial charge in [-0.05, 0) is 39.2 Å². The highest BCUT2D eigenvalue weighted by molar-refractivity contribution is 5.71. The second-order valence-electron chi connectivity index (χ2n) is 7.76. The molecule has 8 heteroatoms. The van der Waals surface area contributed by atoms with Gasteiger partial charge in [0.2, 0.25) is 0 Å². The van der Waals surface area contributed by atoms with Crippen molar-refractivity contribution in [1.29, 1.82) is 0 Å². The fourth-order valence-corrected chi connectivity index (χ4v) is 2.71. The molecule has 8 nitrogen and oxygen atoms in total. The molecule has 2 rings (SSSR count). The van der Waals surface area contributed by atoms with E-state index in [-0.39, 0.29) is 25.3 Å². The van der Waals surface area contributed by atoms with Gasteiger partial charge in [-0.25, -0.2) is 9.59 Å². The first-order valence-electron chi connectivity index (χ1n) is 9.89. The van der Waals surface area contributed by atoms with Crippen molar-refractivity contribution in [2.45, 2.75) is 58.4 Å². The maximum Gasteiger partial charge on any atom is 0.409 e. The van der Waals surface area contributed by atoms with Crippen LogP contribution in [-0.4, -0.2) is 54.8 Å². The molecule has 1 aromatic rings. The predicted octanol–water partition coefficient (Wildman–Crippen LogP) is 3.07. The Morgan fingerprint density at radius 1 is 1.21 bits per heavy atom. The molecule has 0 saturated heterocycles. The molecule has 0 fully saturated rings. The second kappa shape index (κ2) is 11.4. The highest BCUT2D eigenvalue weighted by atomic mass is 16.6. The lowest BCUT2D eigenvalue weighted by Crippen LogP contribution is -2.43. The maximum atomic E-state index is 12.0. The first-order valence-corrected chi connectivity index (χ1v) is 9.89. The quantitative estimate of drug-likeness (QED) is 0.475. The molecule has 1 N–H and O–H groups in total. The topological polar surface area (TPSA) is 89.5 Å². The number of nitrogens with zero attached hydrogens (tertiary/aromatic N) is 2. The summed E-state index contributed by atoms with van der Waals surface area (Å²) in [6, 6.07) is 9.53. The van der Waals surface area contributed by atoms with Gasteiger partial charge in [0.1, 0.15) is 25.0 Å². The highest BCUT2D eigenvalue weighted by Crippen LogP contribution is 2.11. The first kappa shape index (κ1) is 22.7. The van der Waals surface area contributed by atoms with Crippen LogP contribution in [0, 0.1) is 0 Å². The van der Waals surface area contributed by atoms with E-state index in [9.17, 15) is 9.59 Å². The van der Waals surface area contributed by atoms with Gasteiger partial charge in [-0.1, -0.05) is 30.3 Å². The second-order valence-corrected chi connectivity index (χ2v) is 7.76. The minimum absolute atomic E-state index is 0.0451. The smallest absolute Gasteiger partial charge is 0.409 e. The van der Waals surface area contributed by atoms with E-state index in [4.69, 9.17) is 14.2 Å². The fraction of sp³-hybridized carbons (Fsp3) is 0.571. The zero-order valence-electron chi connectivity index (χ0n) is 17.4. The minimum Gasteiger partial charge on any atom is -0.458 e. The fourth-order valence-electron chi connectivity index (χ4n) is 2.71. The van der Waals surface area contributed by atoms with Crippen LogP contribution in [-0.2, 0) is 25.6 Å². The van der Waals surface area contributed by atoms with Gasteiger partial charge in [0.15, 0.2) is 0 Å². The number of hydrogen-bond donors (Lipinski definition) is 1. The Morgan fingerprint density at radius 3 is 2.69 bits per heavy atom. The van der Waals surface area contributed by atoms with E-state index in [1.165, 1.54) is 0 Å². The van der Waals surface area contributed by atoms with Crippen molar-refractivity contribution in [3.8, 4) is 0 Å². The first-order chi connectivity index (χ1) is 13.8. The zero-order valence-corrected chi connectivity index (χ0v) is 17.4. The van der Waals surface area contributed by atoms with E-state index in [0.717, 1.165) is 18.4 Å². The van der Waals surface area contributed by atoms with E-state index < -0.39 is 11.7 Å². The zero-order chi connectivity index (χ0) is 21.1. The molecule has 0 spiro atoms. The third-order valence-electron chi connectivity index (χ3n) is 3.98. The summed E-state index contributed by atoms with van der Waals surface area (Å²) in [5.74, 6) is -0.361. The lowest BCUT2D eigenvalue weighted by Gasteiger charge is -2.24. The van der Waals surface area contributed by atoms with Crippen LogP contribution in [0.1, 0.15) is 45.6 Å². The number of hydrogen-bond acceptors (Lipinski definition) is 7. The Balaban J connectivity index is 1.57. The third-order valence-corrected chi connectivity index (χ3v) is 3.98. The van der Waals surface area contributed by atoms with Crippen LogP contribution in [0.15, 0.2) is 35.4 Å². The number of esters is 1. The number of rotatable bonds is 10. The number of nitrogens with one attached hydrogen (secondary N) is 1. The number of alkyl carbamates (subject to hydrolysis) is 1. The summed E-state index contributed by atoms with van der Waals surface area (Å²) in [7, 11) is 0. The molecule has 1 aliphatic heterocycles. The molecule has 1 aromatic carbocycles. The number of benzene rings is 1. The maximum absolute atomic E-state index is 12.0. The van der Waals surface area contributed by atoms with E-state index in [1.54, 1.807) is 6.21 Å². The molecule has 1 heterocycles. The van der Waals surface area contributed by atoms with Crippen molar-refractivity contribution in [1.82, 2.24) is 10.3 Å². The standard InChI is InChI=1S/C21H31N3O5/c1-21(2,3)29-19(25)16-27-14-8-7-13-24-18(11-12-22-24)23-20(26)28-15-17-9-5-4-6-10-17/h4-6,9-10,12,18H,7-8,11,13-16H2,1-3H3,(H,23,26). The van der Waals surface area contributed by atoms with Crippen LogP contribution >= 0.6 is 0 Å². The molecule has 0 radical (unpaired) electrons. The monoisotopic (exact) mass is 405 g/mol. The molecule has 0 bridgehead atoms. The van der Waals surface area contributed by atoms with Gasteiger partial charge in [0, 0.05) is 25.8 Å². The van der Waals surface area contributed by atoms with Gasteiger partial charge in [0.25, 0.3) is 0 Å². The Labute approximate surface area is 172 Å². The van der Waals surface area contributed by atoms with Crippen molar-refractivity contribution in [2.75, 3.05) is 19.8 Å². The van der Waals surface area contributed by atoms with Crippen LogP contribution < -0.4 is 5.32 Å². The molecule has 0 aliphatic carbocycles. The summed E-state index contributed by atoms with van der Waals surface area (Å²) in [6.45, 7) is 6.80. The van der Waals surface area contributed by atoms with E-state index >= 15 is 0 Å². The minimum atomic E-state index is -0.502. The Morgan fingerprint density at radius 2 is 1.97 bits per heavy atom. The van der Waals surface area contributed by atoms with Gasteiger partial charge in [-0.3, -0.25) is 10.3 Å². The van der Waals surface area contributed by atoms with E-state index in [0.29, 0.717) is 19.6 Å². The predicted molar refractivity (Wildman–Crippen MR) is 109 cm³/mol. The SMILES string of the molecule is CC(C)(C)OC(=O)COCCCCN1N=CCC1NC(=O)OCc1ccccc1. The number of hydrazone groups is 1. The van der Waals surface area contributed by atoms with Crippen LogP contribution in [0.5, 0.6) is 0 Å². The molecule has 1 amide bonds. The number of carbonyl (C=O) groups excluding carboxylic acids is 2. The van der Waals surface area contributed by atoms with Gasteiger partial charge in [0.05, 0.1) is 0 Å². The van der Waals surface area contributed by atoms with Crippen molar-refractivity contribution in [3.63, 3.8) is 0 Å². The molecule has 1 unspecified atom stereocenters. The van der Waals surface area contributed by atoms with Crippen molar-refractivity contribution >= 4 is 18.3 Å². The van der Waals surface area contributed by atoms with Crippen LogP contribution in [0.4, 0.5) is 4.79 Å². The summed E-state index contributed by atoms with van der Waals surface area (Å²) in [4.78, 5) is 23.6. The summed E-state index contributed by atoms with van der Waals surface area (Å²) < 4.78 is 15.8. The normalized spacial score (nSPS) is 16.0. The van der Waals surface area contributed by atoms with Gasteiger partial charge in [-0.15, -0.1) is 0 Å². The summed E-state index contributed by atoms with van der Waals surface area (Å²) in [5, 5.41) is 8.96. The number of carbonyl (C=O) groups is 2. The summed E-state index contributed by atoms with van der Waals surface area (Å²) in [6.07, 6.45) is 3.34.